The van der Waals surface area contributed by atoms with E-state index in [1.165, 1.54) is 6.07 Å². The minimum absolute atomic E-state index is 0.0706. The number of carbonyl (C=O) groups is 1. The van der Waals surface area contributed by atoms with Gasteiger partial charge in [-0.3, -0.25) is 4.79 Å². The van der Waals surface area contributed by atoms with Crippen LogP contribution in [0.4, 0.5) is 4.39 Å². The molecule has 0 aliphatic heterocycles. The van der Waals surface area contributed by atoms with Gasteiger partial charge in [0.2, 0.25) is 0 Å². The average Bonchev–Trinajstić information content (AvgIpc) is 3.44. The lowest BCUT2D eigenvalue weighted by Gasteiger charge is -2.27. The summed E-state index contributed by atoms with van der Waals surface area (Å²) in [5.41, 5.74) is 4.18. The smallest absolute Gasteiger partial charge is 0.303 e. The molecule has 0 saturated heterocycles. The summed E-state index contributed by atoms with van der Waals surface area (Å²) >= 11 is 0. The lowest BCUT2D eigenvalue weighted by atomic mass is 9.76. The van der Waals surface area contributed by atoms with E-state index in [4.69, 9.17) is 14.4 Å². The molecule has 1 unspecified atom stereocenters. The molecule has 1 aliphatic rings. The van der Waals surface area contributed by atoms with E-state index in [1.54, 1.807) is 19.2 Å². The van der Waals surface area contributed by atoms with Crippen LogP contribution in [0.1, 0.15) is 81.7 Å². The zero-order valence-electron chi connectivity index (χ0n) is 22.1. The van der Waals surface area contributed by atoms with Crippen LogP contribution >= 0.6 is 0 Å². The number of nitrogens with zero attached hydrogens (tertiary/aromatic N) is 1. The van der Waals surface area contributed by atoms with Crippen LogP contribution in [0.3, 0.4) is 0 Å². The Hall–Kier alpha value is -3.15. The quantitative estimate of drug-likeness (QED) is 0.331. The molecule has 5 nitrogen and oxygen atoms in total. The first-order valence-electron chi connectivity index (χ1n) is 12.9. The third kappa shape index (κ3) is 6.34. The second-order valence-corrected chi connectivity index (χ2v) is 9.86. The van der Waals surface area contributed by atoms with E-state index in [0.717, 1.165) is 48.1 Å². The predicted molar refractivity (Wildman–Crippen MR) is 140 cm³/mol. The van der Waals surface area contributed by atoms with E-state index in [1.807, 2.05) is 32.0 Å². The van der Waals surface area contributed by atoms with E-state index in [2.05, 4.69) is 25.1 Å². The molecule has 1 N–H and O–H groups in total. The molecular formula is C30H38FNO4. The third-order valence-electron chi connectivity index (χ3n) is 7.10. The van der Waals surface area contributed by atoms with Crippen LogP contribution in [-0.4, -0.2) is 23.3 Å². The molecule has 3 aromatic rings. The number of aryl methyl sites for hydroxylation is 3. The fraction of sp³-hybridized carbons (Fsp3) is 0.467. The highest BCUT2D eigenvalue weighted by Crippen LogP contribution is 2.52. The van der Waals surface area contributed by atoms with Gasteiger partial charge in [0, 0.05) is 24.0 Å². The van der Waals surface area contributed by atoms with Crippen molar-refractivity contribution in [2.45, 2.75) is 78.6 Å². The fourth-order valence-corrected chi connectivity index (χ4v) is 5.19. The van der Waals surface area contributed by atoms with Gasteiger partial charge in [0.05, 0.1) is 7.11 Å². The van der Waals surface area contributed by atoms with Crippen LogP contribution in [0.5, 0.6) is 5.75 Å². The van der Waals surface area contributed by atoms with Crippen molar-refractivity contribution in [3.05, 3.63) is 70.7 Å². The number of rotatable bonds is 9. The van der Waals surface area contributed by atoms with Gasteiger partial charge in [-0.1, -0.05) is 63.5 Å². The first-order chi connectivity index (χ1) is 17.3. The van der Waals surface area contributed by atoms with Crippen molar-refractivity contribution in [3.8, 4) is 17.0 Å². The molecule has 0 radical (unpaired) electrons. The number of ether oxygens (including phenoxy) is 1. The number of halogens is 1. The molecule has 6 heteroatoms. The number of hydrogen-bond donors (Lipinski definition) is 1. The number of hydrogen-bond acceptors (Lipinski definition) is 4. The SMILES string of the molecule is CC.COc1ccc(F)c(-c2noc(CCc3cccc(CCC(=O)O)c3)c2C2CCCC2(C)C)c1. The van der Waals surface area contributed by atoms with Gasteiger partial charge >= 0.3 is 5.97 Å². The predicted octanol–water partition coefficient (Wildman–Crippen LogP) is 7.61. The lowest BCUT2D eigenvalue weighted by Crippen LogP contribution is -2.17. The van der Waals surface area contributed by atoms with E-state index < -0.39 is 5.97 Å². The summed E-state index contributed by atoms with van der Waals surface area (Å²) in [6.07, 6.45) is 5.24. The first-order valence-corrected chi connectivity index (χ1v) is 12.9. The highest BCUT2D eigenvalue weighted by molar-refractivity contribution is 5.67. The summed E-state index contributed by atoms with van der Waals surface area (Å²) in [4.78, 5) is 10.9. The average molecular weight is 496 g/mol. The van der Waals surface area contributed by atoms with Gasteiger partial charge in [0.1, 0.15) is 23.0 Å². The van der Waals surface area contributed by atoms with E-state index in [0.29, 0.717) is 29.8 Å². The molecule has 0 amide bonds. The van der Waals surface area contributed by atoms with Crippen LogP contribution in [0.2, 0.25) is 0 Å². The Bertz CT molecular complexity index is 1170. The van der Waals surface area contributed by atoms with Crippen LogP contribution in [-0.2, 0) is 24.1 Å². The van der Waals surface area contributed by atoms with Gasteiger partial charge in [-0.2, -0.15) is 0 Å². The van der Waals surface area contributed by atoms with Crippen molar-refractivity contribution in [3.63, 3.8) is 0 Å². The molecule has 4 rings (SSSR count). The Labute approximate surface area is 213 Å². The summed E-state index contributed by atoms with van der Waals surface area (Å²) in [5.74, 6) is 0.470. The largest absolute Gasteiger partial charge is 0.497 e. The molecule has 0 spiro atoms. The highest BCUT2D eigenvalue weighted by atomic mass is 19.1. The summed E-state index contributed by atoms with van der Waals surface area (Å²) < 4.78 is 26.1. The second-order valence-electron chi connectivity index (χ2n) is 9.86. The Morgan fingerprint density at radius 3 is 2.50 bits per heavy atom. The first kappa shape index (κ1) is 27.4. The van der Waals surface area contributed by atoms with Gasteiger partial charge in [-0.25, -0.2) is 4.39 Å². The second kappa shape index (κ2) is 12.2. The van der Waals surface area contributed by atoms with Gasteiger partial charge in [-0.05, 0) is 66.3 Å². The van der Waals surface area contributed by atoms with Crippen molar-refractivity contribution >= 4 is 5.97 Å². The number of carboxylic acid groups (broad SMARTS) is 1. The molecule has 1 atom stereocenters. The summed E-state index contributed by atoms with van der Waals surface area (Å²) in [6.45, 7) is 8.53. The molecule has 1 saturated carbocycles. The maximum Gasteiger partial charge on any atom is 0.303 e. The Balaban J connectivity index is 0.00000176. The fourth-order valence-electron chi connectivity index (χ4n) is 5.19. The standard InChI is InChI=1S/C28H32FNO4.C2H6/c1-28(2)15-5-8-22(28)26-24(13-9-18-6-4-7-19(16-18)10-14-25(31)32)34-30-27(26)21-17-20(33-3)11-12-23(21)29;1-2/h4,6-7,11-12,16-17,22H,5,8-10,13-15H2,1-3H3,(H,31,32);1-2H3. The van der Waals surface area contributed by atoms with Gasteiger partial charge < -0.3 is 14.4 Å². The molecule has 36 heavy (non-hydrogen) atoms. The molecule has 1 aromatic heterocycles. The maximum atomic E-state index is 14.9. The number of aliphatic carboxylic acids is 1. The number of aromatic nitrogens is 1. The van der Waals surface area contributed by atoms with Crippen molar-refractivity contribution < 1.29 is 23.6 Å². The lowest BCUT2D eigenvalue weighted by molar-refractivity contribution is -0.136. The molecule has 1 aliphatic carbocycles. The van der Waals surface area contributed by atoms with Crippen LogP contribution in [0.25, 0.3) is 11.3 Å². The van der Waals surface area contributed by atoms with Crippen molar-refractivity contribution in [2.75, 3.05) is 7.11 Å². The molecule has 1 heterocycles. The van der Waals surface area contributed by atoms with E-state index in [9.17, 15) is 9.18 Å². The van der Waals surface area contributed by atoms with Crippen LogP contribution in [0, 0.1) is 11.2 Å². The molecule has 0 bridgehead atoms. The molecule has 1 fully saturated rings. The Kier molecular flexibility index (Phi) is 9.30. The number of benzene rings is 2. The van der Waals surface area contributed by atoms with Crippen LogP contribution < -0.4 is 4.74 Å². The third-order valence-corrected chi connectivity index (χ3v) is 7.10. The molecule has 2 aromatic carbocycles. The Morgan fingerprint density at radius 1 is 1.14 bits per heavy atom. The van der Waals surface area contributed by atoms with E-state index >= 15 is 0 Å². The van der Waals surface area contributed by atoms with Crippen molar-refractivity contribution in [1.29, 1.82) is 0 Å². The van der Waals surface area contributed by atoms with E-state index in [-0.39, 0.29) is 23.6 Å². The van der Waals surface area contributed by atoms with Gasteiger partial charge in [0.15, 0.2) is 0 Å². The van der Waals surface area contributed by atoms with Crippen molar-refractivity contribution in [1.82, 2.24) is 5.16 Å². The zero-order valence-corrected chi connectivity index (χ0v) is 22.1. The normalized spacial score (nSPS) is 16.3. The minimum Gasteiger partial charge on any atom is -0.497 e. The van der Waals surface area contributed by atoms with Crippen LogP contribution in [0.15, 0.2) is 47.0 Å². The number of carboxylic acids is 1. The highest BCUT2D eigenvalue weighted by Gasteiger charge is 2.40. The van der Waals surface area contributed by atoms with Gasteiger partial charge in [-0.15, -0.1) is 0 Å². The Morgan fingerprint density at radius 2 is 1.86 bits per heavy atom. The topological polar surface area (TPSA) is 72.6 Å². The monoisotopic (exact) mass is 495 g/mol. The minimum atomic E-state index is -0.798. The maximum absolute atomic E-state index is 14.9. The summed E-state index contributed by atoms with van der Waals surface area (Å²) in [5, 5.41) is 13.3. The molecule has 194 valence electrons. The van der Waals surface area contributed by atoms with Gasteiger partial charge in [0.25, 0.3) is 0 Å². The van der Waals surface area contributed by atoms with Crippen molar-refractivity contribution in [2.24, 2.45) is 5.41 Å². The summed E-state index contributed by atoms with van der Waals surface area (Å²) in [7, 11) is 1.57. The molecular weight excluding hydrogens is 457 g/mol. The zero-order chi connectivity index (χ0) is 26.3. The summed E-state index contributed by atoms with van der Waals surface area (Å²) in [6, 6.07) is 12.7. The number of methoxy groups -OCH3 is 1.